The number of rotatable bonds is 6. The molecule has 2 atom stereocenters. The van der Waals surface area contributed by atoms with Gasteiger partial charge in [-0.1, -0.05) is 18.2 Å². The molecule has 3 aromatic heterocycles. The molecule has 5 rings (SSSR count). The van der Waals surface area contributed by atoms with E-state index in [-0.39, 0.29) is 12.1 Å². The largest absolute Gasteiger partial charge is 0.495 e. The predicted octanol–water partition coefficient (Wildman–Crippen LogP) is 4.71. The Morgan fingerprint density at radius 2 is 1.94 bits per heavy atom. The molecule has 1 saturated heterocycles. The molecular formula is C24H22N4O2S. The number of thiocarbonyl (C=S) groups is 1. The van der Waals surface area contributed by atoms with Gasteiger partial charge in [0.05, 0.1) is 37.3 Å². The van der Waals surface area contributed by atoms with E-state index in [2.05, 4.69) is 38.1 Å². The van der Waals surface area contributed by atoms with Crippen molar-refractivity contribution < 1.29 is 9.15 Å². The zero-order valence-corrected chi connectivity index (χ0v) is 17.8. The third kappa shape index (κ3) is 3.57. The minimum Gasteiger partial charge on any atom is -0.495 e. The molecule has 0 aliphatic carbocycles. The van der Waals surface area contributed by atoms with E-state index in [1.807, 2.05) is 60.8 Å². The molecule has 7 heteroatoms. The smallest absolute Gasteiger partial charge is 0.174 e. The molecule has 0 amide bonds. The van der Waals surface area contributed by atoms with E-state index in [4.69, 9.17) is 21.4 Å². The van der Waals surface area contributed by atoms with Gasteiger partial charge >= 0.3 is 0 Å². The number of hydrogen-bond acceptors (Lipinski definition) is 4. The Balaban J connectivity index is 1.63. The van der Waals surface area contributed by atoms with Crippen LogP contribution in [-0.4, -0.2) is 21.8 Å². The lowest BCUT2D eigenvalue weighted by molar-refractivity contribution is 0.413. The maximum Gasteiger partial charge on any atom is 0.174 e. The highest BCUT2D eigenvalue weighted by Gasteiger charge is 2.42. The summed E-state index contributed by atoms with van der Waals surface area (Å²) in [6, 6.07) is 21.7. The van der Waals surface area contributed by atoms with Gasteiger partial charge in [-0.3, -0.25) is 4.98 Å². The van der Waals surface area contributed by atoms with Crippen molar-refractivity contribution in [3.8, 4) is 5.75 Å². The Morgan fingerprint density at radius 3 is 2.71 bits per heavy atom. The molecule has 0 bridgehead atoms. The Bertz CT molecular complexity index is 1170. The summed E-state index contributed by atoms with van der Waals surface area (Å²) in [4.78, 5) is 6.75. The van der Waals surface area contributed by atoms with Crippen molar-refractivity contribution in [2.75, 3.05) is 12.0 Å². The van der Waals surface area contributed by atoms with E-state index >= 15 is 0 Å². The number of aromatic nitrogens is 2. The van der Waals surface area contributed by atoms with Crippen LogP contribution in [0.2, 0.25) is 0 Å². The van der Waals surface area contributed by atoms with Gasteiger partial charge in [0.25, 0.3) is 0 Å². The van der Waals surface area contributed by atoms with E-state index in [0.717, 1.165) is 28.6 Å². The summed E-state index contributed by atoms with van der Waals surface area (Å²) in [7, 11) is 1.68. The first-order valence-corrected chi connectivity index (χ1v) is 10.5. The van der Waals surface area contributed by atoms with Crippen LogP contribution in [0.3, 0.4) is 0 Å². The Kier molecular flexibility index (Phi) is 5.18. The summed E-state index contributed by atoms with van der Waals surface area (Å²) < 4.78 is 13.5. The minimum absolute atomic E-state index is 0.121. The number of pyridine rings is 1. The van der Waals surface area contributed by atoms with Crippen molar-refractivity contribution in [2.45, 2.75) is 18.6 Å². The van der Waals surface area contributed by atoms with Gasteiger partial charge in [0.2, 0.25) is 0 Å². The zero-order valence-electron chi connectivity index (χ0n) is 17.0. The number of furan rings is 1. The maximum absolute atomic E-state index is 5.82. The highest BCUT2D eigenvalue weighted by molar-refractivity contribution is 7.80. The fourth-order valence-electron chi connectivity index (χ4n) is 4.15. The normalized spacial score (nSPS) is 18.2. The molecule has 4 heterocycles. The van der Waals surface area contributed by atoms with Crippen molar-refractivity contribution in [3.05, 3.63) is 103 Å². The van der Waals surface area contributed by atoms with Crippen molar-refractivity contribution in [1.29, 1.82) is 0 Å². The first-order chi connectivity index (χ1) is 15.3. The fraction of sp³-hybridized carbons (Fsp3) is 0.167. The number of nitrogens with one attached hydrogen (secondary N) is 1. The van der Waals surface area contributed by atoms with Gasteiger partial charge in [-0.15, -0.1) is 0 Å². The summed E-state index contributed by atoms with van der Waals surface area (Å²) in [6.45, 7) is 0.632. The average Bonchev–Trinajstić information content (AvgIpc) is 3.55. The zero-order chi connectivity index (χ0) is 21.2. The molecular weight excluding hydrogens is 408 g/mol. The van der Waals surface area contributed by atoms with Gasteiger partial charge in [0.15, 0.2) is 5.11 Å². The SMILES string of the molecule is COc1ccccc1N1C(=S)N[C@@H](c2ccccn2)[C@@H]1c1cccn1Cc1ccco1. The van der Waals surface area contributed by atoms with E-state index in [1.54, 1.807) is 13.4 Å². The van der Waals surface area contributed by atoms with Crippen LogP contribution in [0.1, 0.15) is 29.2 Å². The lowest BCUT2D eigenvalue weighted by atomic mass is 10.0. The van der Waals surface area contributed by atoms with Crippen molar-refractivity contribution in [1.82, 2.24) is 14.9 Å². The van der Waals surface area contributed by atoms with Gasteiger partial charge in [-0.25, -0.2) is 0 Å². The molecule has 1 aliphatic rings. The molecule has 4 aromatic rings. The minimum atomic E-state index is -0.122. The number of para-hydroxylation sites is 2. The summed E-state index contributed by atoms with van der Waals surface area (Å²) in [6.07, 6.45) is 5.57. The molecule has 6 nitrogen and oxygen atoms in total. The number of ether oxygens (including phenoxy) is 1. The first-order valence-electron chi connectivity index (χ1n) is 10.1. The van der Waals surface area contributed by atoms with E-state index < -0.39 is 0 Å². The topological polar surface area (TPSA) is 55.5 Å². The number of anilines is 1. The number of nitrogens with zero attached hydrogens (tertiary/aromatic N) is 3. The number of methoxy groups -OCH3 is 1. The Hall–Kier alpha value is -3.58. The molecule has 156 valence electrons. The molecule has 0 radical (unpaired) electrons. The molecule has 31 heavy (non-hydrogen) atoms. The number of hydrogen-bond donors (Lipinski definition) is 1. The van der Waals surface area contributed by atoms with Crippen LogP contribution in [0, 0.1) is 0 Å². The van der Waals surface area contributed by atoms with Gasteiger partial charge in [0, 0.05) is 18.1 Å². The lowest BCUT2D eigenvalue weighted by Crippen LogP contribution is -2.30. The average molecular weight is 431 g/mol. The monoisotopic (exact) mass is 430 g/mol. The van der Waals surface area contributed by atoms with Crippen LogP contribution in [0.15, 0.2) is 89.8 Å². The molecule has 0 spiro atoms. The van der Waals surface area contributed by atoms with Crippen molar-refractivity contribution in [3.63, 3.8) is 0 Å². The van der Waals surface area contributed by atoms with Gasteiger partial charge in [-0.05, 0) is 60.7 Å². The molecule has 1 aliphatic heterocycles. The van der Waals surface area contributed by atoms with Crippen LogP contribution < -0.4 is 15.0 Å². The standard InChI is InChI=1S/C24H22N4O2S/c1-29-21-12-3-2-10-19(21)28-23(22(26-24(28)31)18-9-4-5-13-25-18)20-11-6-14-27(20)16-17-8-7-15-30-17/h2-15,22-23H,16H2,1H3,(H,26,31)/t22-,23-/m0/s1. The highest BCUT2D eigenvalue weighted by Crippen LogP contribution is 2.44. The molecule has 1 fully saturated rings. The second-order valence-electron chi connectivity index (χ2n) is 7.31. The van der Waals surface area contributed by atoms with Gasteiger partial charge in [-0.2, -0.15) is 0 Å². The van der Waals surface area contributed by atoms with E-state index in [9.17, 15) is 0 Å². The fourth-order valence-corrected chi connectivity index (χ4v) is 4.49. The Labute approximate surface area is 186 Å². The lowest BCUT2D eigenvalue weighted by Gasteiger charge is -2.29. The van der Waals surface area contributed by atoms with Crippen LogP contribution in [0.4, 0.5) is 5.69 Å². The highest BCUT2D eigenvalue weighted by atomic mass is 32.1. The second kappa shape index (κ2) is 8.28. The van der Waals surface area contributed by atoms with Crippen molar-refractivity contribution >= 4 is 23.0 Å². The van der Waals surface area contributed by atoms with Gasteiger partial charge < -0.3 is 23.9 Å². The third-order valence-corrected chi connectivity index (χ3v) is 5.83. The summed E-state index contributed by atoms with van der Waals surface area (Å²) in [5.74, 6) is 1.66. The van der Waals surface area contributed by atoms with Crippen LogP contribution in [0.5, 0.6) is 5.75 Å². The van der Waals surface area contributed by atoms with E-state index in [1.165, 1.54) is 0 Å². The summed E-state index contributed by atoms with van der Waals surface area (Å²) in [5.41, 5.74) is 2.94. The van der Waals surface area contributed by atoms with Crippen molar-refractivity contribution in [2.24, 2.45) is 0 Å². The molecule has 1 N–H and O–H groups in total. The van der Waals surface area contributed by atoms with Crippen LogP contribution in [-0.2, 0) is 6.54 Å². The van der Waals surface area contributed by atoms with Gasteiger partial charge in [0.1, 0.15) is 17.6 Å². The summed E-state index contributed by atoms with van der Waals surface area (Å²) >= 11 is 5.82. The maximum atomic E-state index is 5.82. The Morgan fingerprint density at radius 1 is 1.06 bits per heavy atom. The van der Waals surface area contributed by atoms with E-state index in [0.29, 0.717) is 11.7 Å². The first kappa shape index (κ1) is 19.4. The summed E-state index contributed by atoms with van der Waals surface area (Å²) in [5, 5.41) is 4.13. The number of benzene rings is 1. The molecule has 0 saturated carbocycles. The third-order valence-electron chi connectivity index (χ3n) is 5.52. The van der Waals surface area contributed by atoms with Crippen LogP contribution >= 0.6 is 12.2 Å². The van der Waals surface area contributed by atoms with Crippen LogP contribution in [0.25, 0.3) is 0 Å². The molecule has 1 aromatic carbocycles. The molecule has 0 unspecified atom stereocenters. The quantitative estimate of drug-likeness (QED) is 0.447. The second-order valence-corrected chi connectivity index (χ2v) is 7.70. The predicted molar refractivity (Wildman–Crippen MR) is 123 cm³/mol.